The quantitative estimate of drug-likeness (QED) is 0.695. The number of thioether (sulfide) groups is 1. The van der Waals surface area contributed by atoms with Crippen LogP contribution in [0.5, 0.6) is 5.75 Å². The zero-order valence-corrected chi connectivity index (χ0v) is 19.9. The Kier molecular flexibility index (Phi) is 7.45. The molecule has 2 heterocycles. The molecule has 2 fully saturated rings. The summed E-state index contributed by atoms with van der Waals surface area (Å²) in [5.74, 6) is 1.04. The minimum Gasteiger partial charge on any atom is -0.497 e. The zero-order chi connectivity index (χ0) is 23.4. The minimum absolute atomic E-state index is 0.0662. The highest BCUT2D eigenvalue weighted by Crippen LogP contribution is 2.28. The van der Waals surface area contributed by atoms with Crippen molar-refractivity contribution in [1.29, 1.82) is 0 Å². The van der Waals surface area contributed by atoms with Gasteiger partial charge in [0.2, 0.25) is 11.8 Å². The molecule has 4 rings (SSSR count). The van der Waals surface area contributed by atoms with Gasteiger partial charge in [0.15, 0.2) is 0 Å². The Bertz CT molecular complexity index is 1020. The van der Waals surface area contributed by atoms with Crippen LogP contribution in [-0.4, -0.2) is 65.4 Å². The van der Waals surface area contributed by atoms with Crippen LogP contribution in [0.2, 0.25) is 5.02 Å². The predicted octanol–water partition coefficient (Wildman–Crippen LogP) is 3.74. The molecule has 0 aromatic heterocycles. The minimum atomic E-state index is -0.535. The van der Waals surface area contributed by atoms with Crippen molar-refractivity contribution in [3.05, 3.63) is 59.1 Å². The average Bonchev–Trinajstić information content (AvgIpc) is 3.34. The molecule has 7 nitrogen and oxygen atoms in total. The topological polar surface area (TPSA) is 79.0 Å². The molecule has 0 saturated carbocycles. The first-order valence-corrected chi connectivity index (χ1v) is 12.4. The monoisotopic (exact) mass is 487 g/mol. The summed E-state index contributed by atoms with van der Waals surface area (Å²) < 4.78 is 5.15. The number of methoxy groups -OCH3 is 1. The lowest BCUT2D eigenvalue weighted by Crippen LogP contribution is -2.51. The molecule has 9 heteroatoms. The summed E-state index contributed by atoms with van der Waals surface area (Å²) in [5, 5.41) is 3.47. The Balaban J connectivity index is 1.39. The molecule has 2 aromatic carbocycles. The van der Waals surface area contributed by atoms with Crippen molar-refractivity contribution in [2.45, 2.75) is 18.9 Å². The van der Waals surface area contributed by atoms with Gasteiger partial charge in [-0.1, -0.05) is 11.6 Å². The van der Waals surface area contributed by atoms with Gasteiger partial charge in [-0.2, -0.15) is 0 Å². The number of nitrogens with one attached hydrogen (secondary N) is 1. The van der Waals surface area contributed by atoms with Gasteiger partial charge in [-0.05, 0) is 61.4 Å². The van der Waals surface area contributed by atoms with Crippen molar-refractivity contribution < 1.29 is 19.1 Å². The number of piperidine rings is 1. The summed E-state index contributed by atoms with van der Waals surface area (Å²) in [5.41, 5.74) is 1.21. The van der Waals surface area contributed by atoms with Gasteiger partial charge in [-0.3, -0.25) is 14.4 Å². The van der Waals surface area contributed by atoms with Gasteiger partial charge in [0, 0.05) is 35.1 Å². The predicted molar refractivity (Wildman–Crippen MR) is 130 cm³/mol. The summed E-state index contributed by atoms with van der Waals surface area (Å²) >= 11 is 7.49. The Morgan fingerprint density at radius 3 is 2.52 bits per heavy atom. The number of hydrogen-bond donors (Lipinski definition) is 1. The molecule has 3 amide bonds. The second-order valence-electron chi connectivity index (χ2n) is 8.14. The van der Waals surface area contributed by atoms with Crippen LogP contribution in [0.3, 0.4) is 0 Å². The van der Waals surface area contributed by atoms with Crippen molar-refractivity contribution in [3.8, 4) is 5.75 Å². The van der Waals surface area contributed by atoms with Gasteiger partial charge < -0.3 is 19.9 Å². The van der Waals surface area contributed by atoms with Crippen LogP contribution in [0.15, 0.2) is 48.5 Å². The van der Waals surface area contributed by atoms with E-state index < -0.39 is 6.04 Å². The highest BCUT2D eigenvalue weighted by atomic mass is 35.5. The highest BCUT2D eigenvalue weighted by molar-refractivity contribution is 7.99. The molecule has 2 aromatic rings. The Morgan fingerprint density at radius 1 is 1.09 bits per heavy atom. The van der Waals surface area contributed by atoms with Crippen molar-refractivity contribution in [2.75, 3.05) is 37.1 Å². The van der Waals surface area contributed by atoms with Crippen molar-refractivity contribution in [3.63, 3.8) is 0 Å². The molecular weight excluding hydrogens is 462 g/mol. The van der Waals surface area contributed by atoms with E-state index in [0.717, 1.165) is 6.42 Å². The summed E-state index contributed by atoms with van der Waals surface area (Å²) in [6.07, 6.45) is 1.46. The molecule has 0 radical (unpaired) electrons. The number of likely N-dealkylation sites (tertiary alicyclic amines) is 1. The number of halogens is 1. The van der Waals surface area contributed by atoms with Crippen LogP contribution in [-0.2, 0) is 9.59 Å². The van der Waals surface area contributed by atoms with Crippen LogP contribution in [0.4, 0.5) is 5.69 Å². The number of rotatable bonds is 5. The molecule has 2 aliphatic rings. The van der Waals surface area contributed by atoms with Gasteiger partial charge in [0.05, 0.1) is 18.9 Å². The second kappa shape index (κ2) is 10.5. The SMILES string of the molecule is COc1ccc(NC(=O)C2CSCN2C(=O)C2CCCN(C(=O)c3ccc(Cl)cc3)C2)cc1. The van der Waals surface area contributed by atoms with E-state index >= 15 is 0 Å². The number of ether oxygens (including phenoxy) is 1. The van der Waals surface area contributed by atoms with Crippen molar-refractivity contribution >= 4 is 46.8 Å². The fourth-order valence-electron chi connectivity index (χ4n) is 4.15. The van der Waals surface area contributed by atoms with E-state index in [2.05, 4.69) is 5.32 Å². The van der Waals surface area contributed by atoms with Gasteiger partial charge in [0.25, 0.3) is 5.91 Å². The third kappa shape index (κ3) is 5.45. The van der Waals surface area contributed by atoms with Gasteiger partial charge >= 0.3 is 0 Å². The lowest BCUT2D eigenvalue weighted by Gasteiger charge is -2.35. The summed E-state index contributed by atoms with van der Waals surface area (Å²) in [6, 6.07) is 13.3. The van der Waals surface area contributed by atoms with Crippen molar-refractivity contribution in [2.24, 2.45) is 5.92 Å². The Morgan fingerprint density at radius 2 is 1.82 bits per heavy atom. The first-order chi connectivity index (χ1) is 16.0. The number of anilines is 1. The fraction of sp³-hybridized carbons (Fsp3) is 0.375. The Hall–Kier alpha value is -2.71. The zero-order valence-electron chi connectivity index (χ0n) is 18.3. The molecule has 2 unspecified atom stereocenters. The molecule has 2 aliphatic heterocycles. The maximum absolute atomic E-state index is 13.4. The van der Waals surface area contributed by atoms with Gasteiger partial charge in [0.1, 0.15) is 11.8 Å². The van der Waals surface area contributed by atoms with E-state index in [1.165, 1.54) is 0 Å². The molecule has 0 spiro atoms. The molecule has 2 atom stereocenters. The van der Waals surface area contributed by atoms with E-state index in [1.54, 1.807) is 77.2 Å². The average molecular weight is 488 g/mol. The number of nitrogens with zero attached hydrogens (tertiary/aromatic N) is 2. The van der Waals surface area contributed by atoms with E-state index in [-0.39, 0.29) is 23.6 Å². The van der Waals surface area contributed by atoms with Crippen LogP contribution in [0, 0.1) is 5.92 Å². The maximum Gasteiger partial charge on any atom is 0.253 e. The number of carbonyl (C=O) groups is 3. The molecule has 2 saturated heterocycles. The summed E-state index contributed by atoms with van der Waals surface area (Å²) in [6.45, 7) is 0.968. The number of carbonyl (C=O) groups excluding carboxylic acids is 3. The van der Waals surface area contributed by atoms with E-state index in [4.69, 9.17) is 16.3 Å². The van der Waals surface area contributed by atoms with Crippen LogP contribution >= 0.6 is 23.4 Å². The van der Waals surface area contributed by atoms with Crippen LogP contribution in [0.1, 0.15) is 23.2 Å². The molecular formula is C24H26ClN3O4S. The lowest BCUT2D eigenvalue weighted by atomic mass is 9.95. The van der Waals surface area contributed by atoms with Crippen molar-refractivity contribution in [1.82, 2.24) is 9.80 Å². The highest BCUT2D eigenvalue weighted by Gasteiger charge is 2.39. The van der Waals surface area contributed by atoms with Crippen LogP contribution < -0.4 is 10.1 Å². The lowest BCUT2D eigenvalue weighted by molar-refractivity contribution is -0.140. The first-order valence-electron chi connectivity index (χ1n) is 10.8. The van der Waals surface area contributed by atoms with E-state index in [1.807, 2.05) is 0 Å². The second-order valence-corrected chi connectivity index (χ2v) is 9.57. The van der Waals surface area contributed by atoms with Gasteiger partial charge in [-0.25, -0.2) is 0 Å². The van der Waals surface area contributed by atoms with Gasteiger partial charge in [-0.15, -0.1) is 11.8 Å². The maximum atomic E-state index is 13.4. The molecule has 0 bridgehead atoms. The normalized spacial score (nSPS) is 20.4. The Labute approximate surface area is 202 Å². The largest absolute Gasteiger partial charge is 0.497 e. The van der Waals surface area contributed by atoms with E-state index in [9.17, 15) is 14.4 Å². The third-order valence-corrected chi connectivity index (χ3v) is 7.24. The number of hydrogen-bond acceptors (Lipinski definition) is 5. The smallest absolute Gasteiger partial charge is 0.253 e. The molecule has 33 heavy (non-hydrogen) atoms. The summed E-state index contributed by atoms with van der Waals surface area (Å²) in [7, 11) is 1.59. The fourth-order valence-corrected chi connectivity index (χ4v) is 5.44. The van der Waals surface area contributed by atoms with E-state index in [0.29, 0.717) is 53.2 Å². The third-order valence-electron chi connectivity index (χ3n) is 5.97. The molecule has 1 N–H and O–H groups in total. The van der Waals surface area contributed by atoms with Crippen LogP contribution in [0.25, 0.3) is 0 Å². The molecule has 0 aliphatic carbocycles. The standard InChI is InChI=1S/C24H26ClN3O4S/c1-32-20-10-8-19(9-11-20)26-22(29)21-14-33-15-28(21)24(31)17-3-2-12-27(13-17)23(30)16-4-6-18(25)7-5-16/h4-11,17,21H,2-3,12-15H2,1H3,(H,26,29). The summed E-state index contributed by atoms with van der Waals surface area (Å²) in [4.78, 5) is 42.6. The number of amides is 3. The molecule has 174 valence electrons. The number of benzene rings is 2. The first kappa shape index (κ1) is 23.4.